The Balaban J connectivity index is 1.60. The van der Waals surface area contributed by atoms with Crippen molar-refractivity contribution >= 4 is 11.3 Å². The van der Waals surface area contributed by atoms with E-state index >= 15 is 0 Å². The molecule has 0 saturated heterocycles. The summed E-state index contributed by atoms with van der Waals surface area (Å²) in [6, 6.07) is 15.3. The van der Waals surface area contributed by atoms with E-state index < -0.39 is 0 Å². The summed E-state index contributed by atoms with van der Waals surface area (Å²) in [5, 5.41) is 15.2. The van der Waals surface area contributed by atoms with Crippen LogP contribution in [-0.2, 0) is 12.0 Å². The molecule has 0 amide bonds. The minimum Gasteiger partial charge on any atom is -0.309 e. The van der Waals surface area contributed by atoms with Gasteiger partial charge >= 0.3 is 0 Å². The topological polar surface area (TPSA) is 35.8 Å². The Bertz CT molecular complexity index is 618. The summed E-state index contributed by atoms with van der Waals surface area (Å²) in [5.41, 5.74) is 2.24. The van der Waals surface area contributed by atoms with E-state index in [0.29, 0.717) is 6.04 Å². The molecule has 3 heteroatoms. The third-order valence-electron chi connectivity index (χ3n) is 4.25. The molecule has 0 aliphatic heterocycles. The van der Waals surface area contributed by atoms with E-state index in [4.69, 9.17) is 0 Å². The number of thiophene rings is 1. The zero-order valence-corrected chi connectivity index (χ0v) is 12.4. The molecule has 20 heavy (non-hydrogen) atoms. The van der Waals surface area contributed by atoms with Crippen molar-refractivity contribution in [1.29, 1.82) is 5.26 Å². The number of hydrogen-bond donors (Lipinski definition) is 1. The summed E-state index contributed by atoms with van der Waals surface area (Å²) in [6.07, 6.45) is 1.83. The number of benzene rings is 1. The van der Waals surface area contributed by atoms with Crippen LogP contribution in [0.5, 0.6) is 0 Å². The summed E-state index contributed by atoms with van der Waals surface area (Å²) in [7, 11) is 0. The van der Waals surface area contributed by atoms with Gasteiger partial charge < -0.3 is 5.32 Å². The highest BCUT2D eigenvalue weighted by molar-refractivity contribution is 7.10. The molecule has 1 aliphatic carbocycles. The van der Waals surface area contributed by atoms with Gasteiger partial charge in [0.25, 0.3) is 0 Å². The maximum atomic E-state index is 9.53. The Morgan fingerprint density at radius 1 is 1.30 bits per heavy atom. The van der Waals surface area contributed by atoms with Crippen LogP contribution >= 0.6 is 11.3 Å². The highest BCUT2D eigenvalue weighted by Crippen LogP contribution is 2.43. The fourth-order valence-corrected chi connectivity index (χ4v) is 3.75. The third kappa shape index (κ3) is 2.37. The van der Waals surface area contributed by atoms with Crippen LogP contribution in [0.1, 0.15) is 28.8 Å². The molecule has 1 aromatic heterocycles. The van der Waals surface area contributed by atoms with Crippen molar-refractivity contribution in [3.05, 3.63) is 57.8 Å². The predicted molar refractivity (Wildman–Crippen MR) is 82.7 cm³/mol. The second-order valence-corrected chi connectivity index (χ2v) is 6.57. The summed E-state index contributed by atoms with van der Waals surface area (Å²) in [6.45, 7) is 3.07. The number of rotatable bonds is 4. The molecule has 0 bridgehead atoms. The molecule has 0 atom stereocenters. The van der Waals surface area contributed by atoms with Crippen LogP contribution in [0, 0.1) is 18.3 Å². The predicted octanol–water partition coefficient (Wildman–Crippen LogP) is 3.77. The van der Waals surface area contributed by atoms with Gasteiger partial charge in [-0.15, -0.1) is 11.3 Å². The SMILES string of the molecule is Cc1ccsc1CNC1CC(C#N)(c2ccccc2)C1. The van der Waals surface area contributed by atoms with Gasteiger partial charge in [-0.05, 0) is 42.3 Å². The zero-order valence-electron chi connectivity index (χ0n) is 11.6. The fraction of sp³-hybridized carbons (Fsp3) is 0.353. The van der Waals surface area contributed by atoms with Crippen molar-refractivity contribution in [1.82, 2.24) is 5.32 Å². The van der Waals surface area contributed by atoms with Gasteiger partial charge in [0.05, 0.1) is 11.5 Å². The van der Waals surface area contributed by atoms with Crippen LogP contribution in [-0.4, -0.2) is 6.04 Å². The van der Waals surface area contributed by atoms with E-state index in [-0.39, 0.29) is 5.41 Å². The molecule has 102 valence electrons. The number of hydrogen-bond acceptors (Lipinski definition) is 3. The van der Waals surface area contributed by atoms with Gasteiger partial charge in [-0.3, -0.25) is 0 Å². The molecule has 3 rings (SSSR count). The first kappa shape index (κ1) is 13.4. The highest BCUT2D eigenvalue weighted by Gasteiger charge is 2.45. The Morgan fingerprint density at radius 3 is 2.65 bits per heavy atom. The van der Waals surface area contributed by atoms with Crippen LogP contribution < -0.4 is 5.32 Å². The van der Waals surface area contributed by atoms with E-state index in [1.54, 1.807) is 11.3 Å². The summed E-state index contributed by atoms with van der Waals surface area (Å²) >= 11 is 1.80. The summed E-state index contributed by atoms with van der Waals surface area (Å²) in [5.74, 6) is 0. The lowest BCUT2D eigenvalue weighted by Crippen LogP contribution is -2.50. The molecule has 1 saturated carbocycles. The molecule has 0 radical (unpaired) electrons. The van der Waals surface area contributed by atoms with Gasteiger partial charge in [-0.2, -0.15) is 5.26 Å². The van der Waals surface area contributed by atoms with Crippen molar-refractivity contribution in [3.63, 3.8) is 0 Å². The zero-order chi connectivity index (χ0) is 14.0. The monoisotopic (exact) mass is 282 g/mol. The van der Waals surface area contributed by atoms with Gasteiger partial charge in [-0.25, -0.2) is 0 Å². The summed E-state index contributed by atoms with van der Waals surface area (Å²) in [4.78, 5) is 1.40. The van der Waals surface area contributed by atoms with Gasteiger partial charge in [0.1, 0.15) is 0 Å². The second-order valence-electron chi connectivity index (χ2n) is 5.57. The Labute approximate surface area is 124 Å². The first-order valence-corrected chi connectivity index (χ1v) is 7.85. The minimum atomic E-state index is -0.274. The normalized spacial score (nSPS) is 24.9. The van der Waals surface area contributed by atoms with Gasteiger partial charge in [0.2, 0.25) is 0 Å². The van der Waals surface area contributed by atoms with E-state index in [2.05, 4.69) is 41.9 Å². The van der Waals surface area contributed by atoms with Crippen molar-refractivity contribution in [3.8, 4) is 6.07 Å². The van der Waals surface area contributed by atoms with Crippen LogP contribution in [0.3, 0.4) is 0 Å². The van der Waals surface area contributed by atoms with E-state index in [0.717, 1.165) is 24.9 Å². The lowest BCUT2D eigenvalue weighted by molar-refractivity contribution is 0.226. The number of nitrogens with zero attached hydrogens (tertiary/aromatic N) is 1. The quantitative estimate of drug-likeness (QED) is 0.926. The molecule has 0 unspecified atom stereocenters. The van der Waals surface area contributed by atoms with E-state index in [1.165, 1.54) is 10.4 Å². The molecular weight excluding hydrogens is 264 g/mol. The standard InChI is InChI=1S/C17H18N2S/c1-13-7-8-20-16(13)11-19-15-9-17(10-15,12-18)14-5-3-2-4-6-14/h2-8,15,19H,9-11H2,1H3. The van der Waals surface area contributed by atoms with E-state index in [1.807, 2.05) is 18.2 Å². The lowest BCUT2D eigenvalue weighted by Gasteiger charge is -2.43. The Morgan fingerprint density at radius 2 is 2.05 bits per heavy atom. The average molecular weight is 282 g/mol. The van der Waals surface area contributed by atoms with Gasteiger partial charge in [0.15, 0.2) is 0 Å². The van der Waals surface area contributed by atoms with Crippen molar-refractivity contribution in [2.45, 2.75) is 37.8 Å². The van der Waals surface area contributed by atoms with Crippen molar-refractivity contribution in [2.75, 3.05) is 0 Å². The molecule has 1 aromatic carbocycles. The molecule has 0 spiro atoms. The minimum absolute atomic E-state index is 0.274. The first-order chi connectivity index (χ1) is 9.73. The van der Waals surface area contributed by atoms with Gasteiger partial charge in [-0.1, -0.05) is 30.3 Å². The number of nitriles is 1. The number of aryl methyl sites for hydroxylation is 1. The fourth-order valence-electron chi connectivity index (χ4n) is 2.90. The van der Waals surface area contributed by atoms with Crippen molar-refractivity contribution < 1.29 is 0 Å². The van der Waals surface area contributed by atoms with Crippen molar-refractivity contribution in [2.24, 2.45) is 0 Å². The molecule has 1 N–H and O–H groups in total. The Hall–Kier alpha value is -1.63. The maximum absolute atomic E-state index is 9.53. The van der Waals surface area contributed by atoms with Crippen LogP contribution in [0.25, 0.3) is 0 Å². The average Bonchev–Trinajstić information content (AvgIpc) is 2.84. The molecule has 2 aromatic rings. The van der Waals surface area contributed by atoms with E-state index in [9.17, 15) is 5.26 Å². The van der Waals surface area contributed by atoms with Crippen LogP contribution in [0.15, 0.2) is 41.8 Å². The molecule has 2 nitrogen and oxygen atoms in total. The second kappa shape index (κ2) is 5.40. The highest BCUT2D eigenvalue weighted by atomic mass is 32.1. The largest absolute Gasteiger partial charge is 0.309 e. The third-order valence-corrected chi connectivity index (χ3v) is 5.27. The molecule has 1 heterocycles. The maximum Gasteiger partial charge on any atom is 0.0852 e. The molecular formula is C17H18N2S. The summed E-state index contributed by atoms with van der Waals surface area (Å²) < 4.78 is 0. The van der Waals surface area contributed by atoms with Crippen LogP contribution in [0.2, 0.25) is 0 Å². The first-order valence-electron chi connectivity index (χ1n) is 6.97. The van der Waals surface area contributed by atoms with Gasteiger partial charge in [0, 0.05) is 17.5 Å². The lowest BCUT2D eigenvalue weighted by atomic mass is 9.62. The molecule has 1 fully saturated rings. The number of nitrogens with one attached hydrogen (secondary N) is 1. The van der Waals surface area contributed by atoms with Crippen LogP contribution in [0.4, 0.5) is 0 Å². The molecule has 1 aliphatic rings. The smallest absolute Gasteiger partial charge is 0.0852 e. The Kier molecular flexibility index (Phi) is 3.60.